The summed E-state index contributed by atoms with van der Waals surface area (Å²) in [6.07, 6.45) is 1.55. The molecule has 162 valence electrons. The molecule has 1 aliphatic rings. The number of anilines is 1. The SMILES string of the molecule is O=C(Nc1cccc2ccccc12)C1CCN(Cc2nc(-c3ccc(F)cc3)no2)CC1. The first-order chi connectivity index (χ1) is 15.7. The number of aromatic nitrogens is 2. The van der Waals surface area contributed by atoms with Crippen molar-refractivity contribution >= 4 is 22.4 Å². The van der Waals surface area contributed by atoms with E-state index in [-0.39, 0.29) is 17.6 Å². The summed E-state index contributed by atoms with van der Waals surface area (Å²) in [7, 11) is 0. The number of carbonyl (C=O) groups excluding carboxylic acids is 1. The lowest BCUT2D eigenvalue weighted by Crippen LogP contribution is -2.37. The molecule has 3 aromatic carbocycles. The molecule has 0 bridgehead atoms. The maximum Gasteiger partial charge on any atom is 0.241 e. The minimum absolute atomic E-state index is 0.0253. The molecule has 0 spiro atoms. The smallest absolute Gasteiger partial charge is 0.241 e. The molecule has 0 aliphatic carbocycles. The summed E-state index contributed by atoms with van der Waals surface area (Å²) in [5.41, 5.74) is 1.57. The van der Waals surface area contributed by atoms with Crippen molar-refractivity contribution in [1.29, 1.82) is 0 Å². The van der Waals surface area contributed by atoms with Crippen LogP contribution in [-0.2, 0) is 11.3 Å². The van der Waals surface area contributed by atoms with Crippen molar-refractivity contribution in [2.24, 2.45) is 5.92 Å². The fourth-order valence-corrected chi connectivity index (χ4v) is 4.15. The second-order valence-corrected chi connectivity index (χ2v) is 8.08. The Labute approximate surface area is 185 Å². The number of hydrogen-bond acceptors (Lipinski definition) is 5. The molecule has 2 heterocycles. The Bertz CT molecular complexity index is 1220. The second kappa shape index (κ2) is 8.88. The van der Waals surface area contributed by atoms with E-state index in [1.165, 1.54) is 12.1 Å². The predicted molar refractivity (Wildman–Crippen MR) is 120 cm³/mol. The van der Waals surface area contributed by atoms with Crippen molar-refractivity contribution in [3.8, 4) is 11.4 Å². The van der Waals surface area contributed by atoms with Gasteiger partial charge in [0.25, 0.3) is 0 Å². The number of fused-ring (bicyclic) bond motifs is 1. The van der Waals surface area contributed by atoms with Crippen molar-refractivity contribution in [2.75, 3.05) is 18.4 Å². The first-order valence-corrected chi connectivity index (χ1v) is 10.8. The Morgan fingerprint density at radius 1 is 1.03 bits per heavy atom. The number of benzene rings is 3. The lowest BCUT2D eigenvalue weighted by Gasteiger charge is -2.30. The van der Waals surface area contributed by atoms with Gasteiger partial charge in [-0.25, -0.2) is 4.39 Å². The van der Waals surface area contributed by atoms with Gasteiger partial charge in [-0.1, -0.05) is 41.6 Å². The highest BCUT2D eigenvalue weighted by Gasteiger charge is 2.26. The van der Waals surface area contributed by atoms with Gasteiger partial charge in [0.1, 0.15) is 5.82 Å². The van der Waals surface area contributed by atoms with Crippen LogP contribution in [0.5, 0.6) is 0 Å². The third kappa shape index (κ3) is 4.38. The maximum atomic E-state index is 13.1. The van der Waals surface area contributed by atoms with E-state index in [0.717, 1.165) is 42.4 Å². The minimum Gasteiger partial charge on any atom is -0.338 e. The molecule has 1 fully saturated rings. The number of hydrogen-bond donors (Lipinski definition) is 1. The van der Waals surface area contributed by atoms with Gasteiger partial charge < -0.3 is 9.84 Å². The minimum atomic E-state index is -0.301. The number of likely N-dealkylation sites (tertiary alicyclic amines) is 1. The number of amides is 1. The Balaban J connectivity index is 1.17. The first-order valence-electron chi connectivity index (χ1n) is 10.8. The van der Waals surface area contributed by atoms with Gasteiger partial charge in [0.05, 0.1) is 6.54 Å². The zero-order valence-corrected chi connectivity index (χ0v) is 17.5. The average molecular weight is 430 g/mol. The van der Waals surface area contributed by atoms with Gasteiger partial charge >= 0.3 is 0 Å². The predicted octanol–water partition coefficient (Wildman–Crippen LogP) is 4.88. The normalized spacial score (nSPS) is 15.2. The van der Waals surface area contributed by atoms with E-state index in [1.807, 2.05) is 42.5 Å². The van der Waals surface area contributed by atoms with E-state index in [9.17, 15) is 9.18 Å². The number of nitrogens with one attached hydrogen (secondary N) is 1. The fraction of sp³-hybridized carbons (Fsp3) is 0.240. The molecular formula is C25H23FN4O2. The standard InChI is InChI=1S/C25H23FN4O2/c26-20-10-8-18(9-11-20)24-28-23(32-29-24)16-30-14-12-19(13-15-30)25(31)27-22-7-3-5-17-4-1-2-6-21(17)22/h1-11,19H,12-16H2,(H,27,31). The van der Waals surface area contributed by atoms with Crippen LogP contribution in [0.15, 0.2) is 71.3 Å². The number of halogens is 1. The average Bonchev–Trinajstić information content (AvgIpc) is 3.29. The van der Waals surface area contributed by atoms with Crippen LogP contribution in [0.1, 0.15) is 18.7 Å². The van der Waals surface area contributed by atoms with E-state index in [0.29, 0.717) is 23.8 Å². The lowest BCUT2D eigenvalue weighted by molar-refractivity contribution is -0.121. The van der Waals surface area contributed by atoms with Crippen LogP contribution in [0, 0.1) is 11.7 Å². The molecule has 1 saturated heterocycles. The molecule has 1 aromatic heterocycles. The third-order valence-electron chi connectivity index (χ3n) is 5.94. The van der Waals surface area contributed by atoms with Crippen LogP contribution in [-0.4, -0.2) is 34.0 Å². The summed E-state index contributed by atoms with van der Waals surface area (Å²) in [6.45, 7) is 2.09. The first kappa shape index (κ1) is 20.3. The molecule has 32 heavy (non-hydrogen) atoms. The fourth-order valence-electron chi connectivity index (χ4n) is 4.15. The highest BCUT2D eigenvalue weighted by molar-refractivity contribution is 6.02. The van der Waals surface area contributed by atoms with E-state index < -0.39 is 0 Å². The molecule has 1 amide bonds. The molecule has 7 heteroatoms. The van der Waals surface area contributed by atoms with E-state index >= 15 is 0 Å². The Hall–Kier alpha value is -3.58. The highest BCUT2D eigenvalue weighted by Crippen LogP contribution is 2.26. The van der Waals surface area contributed by atoms with Crippen molar-refractivity contribution in [2.45, 2.75) is 19.4 Å². The Morgan fingerprint density at radius 3 is 2.59 bits per heavy atom. The van der Waals surface area contributed by atoms with Crippen molar-refractivity contribution in [3.05, 3.63) is 78.4 Å². The Morgan fingerprint density at radius 2 is 1.78 bits per heavy atom. The Kier molecular flexibility index (Phi) is 5.64. The lowest BCUT2D eigenvalue weighted by atomic mass is 9.95. The van der Waals surface area contributed by atoms with Gasteiger partial charge in [-0.05, 0) is 61.6 Å². The summed E-state index contributed by atoms with van der Waals surface area (Å²) in [5.74, 6) is 0.706. The van der Waals surface area contributed by atoms with Crippen LogP contribution in [0.25, 0.3) is 22.2 Å². The van der Waals surface area contributed by atoms with Crippen LogP contribution in [0.2, 0.25) is 0 Å². The third-order valence-corrected chi connectivity index (χ3v) is 5.94. The van der Waals surface area contributed by atoms with E-state index in [2.05, 4.69) is 20.4 Å². The molecule has 6 nitrogen and oxygen atoms in total. The van der Waals surface area contributed by atoms with Gasteiger partial charge in [-0.3, -0.25) is 9.69 Å². The molecule has 0 atom stereocenters. The summed E-state index contributed by atoms with van der Waals surface area (Å²) < 4.78 is 18.5. The van der Waals surface area contributed by atoms with E-state index in [4.69, 9.17) is 4.52 Å². The highest BCUT2D eigenvalue weighted by atomic mass is 19.1. The monoisotopic (exact) mass is 430 g/mol. The number of rotatable bonds is 5. The van der Waals surface area contributed by atoms with Crippen LogP contribution < -0.4 is 5.32 Å². The molecule has 0 unspecified atom stereocenters. The van der Waals surface area contributed by atoms with Gasteiger partial charge in [-0.15, -0.1) is 0 Å². The van der Waals surface area contributed by atoms with Crippen LogP contribution in [0.4, 0.5) is 10.1 Å². The quantitative estimate of drug-likeness (QED) is 0.489. The van der Waals surface area contributed by atoms with Gasteiger partial charge in [0, 0.05) is 22.6 Å². The molecule has 0 saturated carbocycles. The van der Waals surface area contributed by atoms with Crippen LogP contribution >= 0.6 is 0 Å². The van der Waals surface area contributed by atoms with Crippen LogP contribution in [0.3, 0.4) is 0 Å². The molecular weight excluding hydrogens is 407 g/mol. The second-order valence-electron chi connectivity index (χ2n) is 8.08. The topological polar surface area (TPSA) is 71.3 Å². The van der Waals surface area contributed by atoms with Gasteiger partial charge in [-0.2, -0.15) is 4.98 Å². The van der Waals surface area contributed by atoms with Gasteiger partial charge in [0.15, 0.2) is 0 Å². The number of carbonyl (C=O) groups is 1. The zero-order chi connectivity index (χ0) is 21.9. The molecule has 1 N–H and O–H groups in total. The summed E-state index contributed by atoms with van der Waals surface area (Å²) in [4.78, 5) is 19.5. The van der Waals surface area contributed by atoms with Crippen molar-refractivity contribution < 1.29 is 13.7 Å². The van der Waals surface area contributed by atoms with Gasteiger partial charge in [0.2, 0.25) is 17.6 Å². The number of piperidine rings is 1. The summed E-state index contributed by atoms with van der Waals surface area (Å²) in [6, 6.07) is 20.0. The zero-order valence-electron chi connectivity index (χ0n) is 17.5. The largest absolute Gasteiger partial charge is 0.338 e. The number of nitrogens with zero attached hydrogens (tertiary/aromatic N) is 3. The summed E-state index contributed by atoms with van der Waals surface area (Å²) >= 11 is 0. The molecule has 5 rings (SSSR count). The van der Waals surface area contributed by atoms with E-state index in [1.54, 1.807) is 12.1 Å². The van der Waals surface area contributed by atoms with Crippen molar-refractivity contribution in [3.63, 3.8) is 0 Å². The maximum absolute atomic E-state index is 13.1. The van der Waals surface area contributed by atoms with Crippen molar-refractivity contribution in [1.82, 2.24) is 15.0 Å². The molecule has 1 aliphatic heterocycles. The molecule has 4 aromatic rings. The molecule has 0 radical (unpaired) electrons. The summed E-state index contributed by atoms with van der Waals surface area (Å²) in [5, 5.41) is 9.28.